The van der Waals surface area contributed by atoms with Gasteiger partial charge in [-0.2, -0.15) is 0 Å². The SMILES string of the molecule is Cc1cccc(C)c1-c1cnc2c3cc(N(c4ccccc4)c4ccc5c6ccccc6n(-c6nccn6-c6c(C(C)C)cccc6C(C)C)c5c4)ccc3c3ccccc3n12. The topological polar surface area (TPSA) is 43.3 Å². The standard InChI is InChI=1S/C56H48N6/c1-35(2)42-22-15-23-43(36(3)4)54(42)59-31-30-57-56(59)62-50-25-13-11-21-46(50)47-29-27-41(33-51(47)62)60(39-18-8-7-9-19-39)40-26-28-44-45-20-10-12-24-49(45)61-52(34-58-55(61)48(44)32-40)53-37(5)16-14-17-38(53)6/h7-36H,1-6H3. The van der Waals surface area contributed by atoms with Crippen molar-refractivity contribution in [3.05, 3.63) is 193 Å². The van der Waals surface area contributed by atoms with E-state index in [1.165, 1.54) is 55.0 Å². The first-order valence-electron chi connectivity index (χ1n) is 21.7. The minimum Gasteiger partial charge on any atom is -0.310 e. The molecule has 0 bridgehead atoms. The molecular formula is C56H48N6. The van der Waals surface area contributed by atoms with E-state index in [9.17, 15) is 0 Å². The Bertz CT molecular complexity index is 3460. The van der Waals surface area contributed by atoms with E-state index in [-0.39, 0.29) is 0 Å². The lowest BCUT2D eigenvalue weighted by Gasteiger charge is -2.26. The Morgan fingerprint density at radius 1 is 0.500 bits per heavy atom. The van der Waals surface area contributed by atoms with Crippen LogP contribution in [0.3, 0.4) is 0 Å². The van der Waals surface area contributed by atoms with Crippen molar-refractivity contribution in [2.75, 3.05) is 4.90 Å². The molecule has 0 aliphatic rings. The third-order valence-corrected chi connectivity index (χ3v) is 12.8. The van der Waals surface area contributed by atoms with Gasteiger partial charge in [0.05, 0.1) is 34.1 Å². The minimum absolute atomic E-state index is 0.337. The average molecular weight is 805 g/mol. The van der Waals surface area contributed by atoms with Crippen LogP contribution in [0.15, 0.2) is 170 Å². The summed E-state index contributed by atoms with van der Waals surface area (Å²) in [4.78, 5) is 12.7. The highest BCUT2D eigenvalue weighted by Gasteiger charge is 2.24. The largest absolute Gasteiger partial charge is 0.310 e. The van der Waals surface area contributed by atoms with Gasteiger partial charge < -0.3 is 4.90 Å². The second-order valence-corrected chi connectivity index (χ2v) is 17.2. The molecule has 0 radical (unpaired) electrons. The summed E-state index contributed by atoms with van der Waals surface area (Å²) >= 11 is 0. The second-order valence-electron chi connectivity index (χ2n) is 17.2. The Labute approximate surface area is 362 Å². The Hall–Kier alpha value is -7.44. The van der Waals surface area contributed by atoms with E-state index in [0.717, 1.165) is 56.3 Å². The van der Waals surface area contributed by atoms with Crippen molar-refractivity contribution in [2.24, 2.45) is 0 Å². The fourth-order valence-corrected chi connectivity index (χ4v) is 9.93. The third kappa shape index (κ3) is 5.77. The van der Waals surface area contributed by atoms with Crippen LogP contribution < -0.4 is 4.90 Å². The van der Waals surface area contributed by atoms with E-state index < -0.39 is 0 Å². The molecule has 6 heteroatoms. The molecule has 4 heterocycles. The van der Waals surface area contributed by atoms with E-state index >= 15 is 0 Å². The van der Waals surface area contributed by atoms with Crippen molar-refractivity contribution < 1.29 is 0 Å². The van der Waals surface area contributed by atoms with Crippen LogP contribution in [0.2, 0.25) is 0 Å². The highest BCUT2D eigenvalue weighted by molar-refractivity contribution is 6.14. The first kappa shape index (κ1) is 37.6. The molecule has 6 nitrogen and oxygen atoms in total. The molecule has 0 unspecified atom stereocenters. The molecule has 4 aromatic heterocycles. The van der Waals surface area contributed by atoms with Gasteiger partial charge in [-0.15, -0.1) is 0 Å². The molecule has 0 aliphatic heterocycles. The van der Waals surface area contributed by atoms with Crippen molar-refractivity contribution in [1.29, 1.82) is 0 Å². The van der Waals surface area contributed by atoms with Crippen LogP contribution in [-0.4, -0.2) is 23.5 Å². The molecule has 0 N–H and O–H groups in total. The molecule has 0 amide bonds. The van der Waals surface area contributed by atoms with Gasteiger partial charge in [-0.05, 0) is 102 Å². The number of rotatable bonds is 8. The summed E-state index contributed by atoms with van der Waals surface area (Å²) in [5.41, 5.74) is 16.1. The lowest BCUT2D eigenvalue weighted by molar-refractivity contribution is 0.796. The van der Waals surface area contributed by atoms with Gasteiger partial charge in [0.1, 0.15) is 5.65 Å². The smallest absolute Gasteiger partial charge is 0.219 e. The number of aromatic nitrogens is 5. The fourth-order valence-electron chi connectivity index (χ4n) is 9.93. The zero-order valence-corrected chi connectivity index (χ0v) is 36.0. The van der Waals surface area contributed by atoms with Gasteiger partial charge in [-0.3, -0.25) is 13.5 Å². The summed E-state index contributed by atoms with van der Waals surface area (Å²) in [6, 6.07) is 55.1. The number of aryl methyl sites for hydroxylation is 2. The van der Waals surface area contributed by atoms with Crippen LogP contribution in [0.1, 0.15) is 61.8 Å². The van der Waals surface area contributed by atoms with Gasteiger partial charge in [0.2, 0.25) is 5.95 Å². The van der Waals surface area contributed by atoms with Crippen LogP contribution in [-0.2, 0) is 0 Å². The summed E-state index contributed by atoms with van der Waals surface area (Å²) in [6.45, 7) is 13.5. The number of hydrogen-bond donors (Lipinski definition) is 0. The minimum atomic E-state index is 0.337. The van der Waals surface area contributed by atoms with Crippen molar-refractivity contribution in [3.8, 4) is 22.9 Å². The quantitative estimate of drug-likeness (QED) is 0.144. The predicted octanol–water partition coefficient (Wildman–Crippen LogP) is 14.9. The van der Waals surface area contributed by atoms with Gasteiger partial charge in [0.15, 0.2) is 0 Å². The Balaban J connectivity index is 1.16. The molecule has 0 saturated heterocycles. The molecule has 0 spiro atoms. The van der Waals surface area contributed by atoms with Crippen molar-refractivity contribution in [3.63, 3.8) is 0 Å². The molecule has 0 aliphatic carbocycles. The fraction of sp³-hybridized carbons (Fsp3) is 0.143. The maximum atomic E-state index is 5.21. The third-order valence-electron chi connectivity index (χ3n) is 12.8. The normalized spacial score (nSPS) is 12.0. The molecule has 11 aromatic rings. The van der Waals surface area contributed by atoms with Gasteiger partial charge in [0.25, 0.3) is 0 Å². The molecule has 11 rings (SSSR count). The van der Waals surface area contributed by atoms with Crippen molar-refractivity contribution in [2.45, 2.75) is 53.4 Å². The molecule has 0 atom stereocenters. The van der Waals surface area contributed by atoms with E-state index in [0.29, 0.717) is 11.8 Å². The van der Waals surface area contributed by atoms with Gasteiger partial charge in [-0.1, -0.05) is 131 Å². The molecule has 0 saturated carbocycles. The lowest BCUT2D eigenvalue weighted by Crippen LogP contribution is -2.12. The number of nitrogens with zero attached hydrogens (tertiary/aromatic N) is 6. The number of pyridine rings is 1. The zero-order chi connectivity index (χ0) is 42.2. The number of hydrogen-bond acceptors (Lipinski definition) is 3. The first-order valence-corrected chi connectivity index (χ1v) is 21.7. The summed E-state index contributed by atoms with van der Waals surface area (Å²) < 4.78 is 7.03. The number of fused-ring (bicyclic) bond motifs is 9. The predicted molar refractivity (Wildman–Crippen MR) is 259 cm³/mol. The molecule has 7 aromatic carbocycles. The van der Waals surface area contributed by atoms with E-state index in [2.05, 4.69) is 224 Å². The summed E-state index contributed by atoms with van der Waals surface area (Å²) in [5, 5.41) is 5.83. The molecular weight excluding hydrogens is 757 g/mol. The number of para-hydroxylation sites is 4. The van der Waals surface area contributed by atoms with E-state index in [1.807, 2.05) is 6.20 Å². The van der Waals surface area contributed by atoms with Crippen LogP contribution in [0.4, 0.5) is 17.1 Å². The monoisotopic (exact) mass is 804 g/mol. The Morgan fingerprint density at radius 3 is 1.81 bits per heavy atom. The van der Waals surface area contributed by atoms with Crippen LogP contribution in [0.25, 0.3) is 72.0 Å². The summed E-state index contributed by atoms with van der Waals surface area (Å²) in [6.07, 6.45) is 6.13. The highest BCUT2D eigenvalue weighted by Crippen LogP contribution is 2.43. The van der Waals surface area contributed by atoms with E-state index in [1.54, 1.807) is 0 Å². The van der Waals surface area contributed by atoms with Gasteiger partial charge in [-0.25, -0.2) is 9.97 Å². The van der Waals surface area contributed by atoms with Crippen molar-refractivity contribution in [1.82, 2.24) is 23.5 Å². The van der Waals surface area contributed by atoms with Crippen molar-refractivity contribution >= 4 is 66.2 Å². The number of benzene rings is 7. The zero-order valence-electron chi connectivity index (χ0n) is 36.0. The Kier molecular flexibility index (Phi) is 8.86. The van der Waals surface area contributed by atoms with E-state index in [4.69, 9.17) is 9.97 Å². The molecule has 302 valence electrons. The summed E-state index contributed by atoms with van der Waals surface area (Å²) in [7, 11) is 0. The number of anilines is 3. The van der Waals surface area contributed by atoms with Crippen LogP contribution in [0.5, 0.6) is 0 Å². The number of imidazole rings is 2. The highest BCUT2D eigenvalue weighted by atomic mass is 15.2. The van der Waals surface area contributed by atoms with Gasteiger partial charge >= 0.3 is 0 Å². The molecule has 62 heavy (non-hydrogen) atoms. The molecule has 0 fully saturated rings. The summed E-state index contributed by atoms with van der Waals surface area (Å²) in [5.74, 6) is 1.54. The van der Waals surface area contributed by atoms with Crippen LogP contribution in [0, 0.1) is 13.8 Å². The maximum Gasteiger partial charge on any atom is 0.219 e. The average Bonchev–Trinajstić information content (AvgIpc) is 4.03. The lowest BCUT2D eigenvalue weighted by atomic mass is 9.92. The van der Waals surface area contributed by atoms with Crippen LogP contribution >= 0.6 is 0 Å². The Morgan fingerprint density at radius 2 is 1.10 bits per heavy atom. The first-order chi connectivity index (χ1) is 30.3. The second kappa shape index (κ2) is 14.6. The maximum absolute atomic E-state index is 5.21. The van der Waals surface area contributed by atoms with Gasteiger partial charge in [0, 0.05) is 56.6 Å².